The molecular formula is C18H31N4O8P. The normalized spacial score (nSPS) is 28.9. The first-order valence-corrected chi connectivity index (χ1v) is 11.4. The van der Waals surface area contributed by atoms with E-state index in [1.807, 2.05) is 0 Å². The Hall–Kier alpha value is -1.79. The number of hydrogen-bond acceptors (Lipinski definition) is 9. The van der Waals surface area contributed by atoms with Gasteiger partial charge < -0.3 is 34.8 Å². The Morgan fingerprint density at radius 1 is 1.32 bits per heavy atom. The van der Waals surface area contributed by atoms with E-state index in [0.717, 1.165) is 0 Å². The fraction of sp³-hybridized carbons (Fsp3) is 0.667. The third-order valence-corrected chi connectivity index (χ3v) is 6.73. The van der Waals surface area contributed by atoms with Gasteiger partial charge in [-0.2, -0.15) is 0 Å². The number of carbonyl (C=O) groups is 2. The second-order valence-electron chi connectivity index (χ2n) is 7.61. The summed E-state index contributed by atoms with van der Waals surface area (Å²) in [6.07, 6.45) is 0.339. The minimum atomic E-state index is -3.75. The maximum atomic E-state index is 13.2. The van der Waals surface area contributed by atoms with Gasteiger partial charge in [-0.3, -0.25) is 14.2 Å². The van der Waals surface area contributed by atoms with Crippen molar-refractivity contribution in [3.8, 4) is 0 Å². The molecule has 13 heteroatoms. The van der Waals surface area contributed by atoms with Gasteiger partial charge in [0.05, 0.1) is 13.7 Å². The topological polar surface area (TPSA) is 173 Å². The summed E-state index contributed by atoms with van der Waals surface area (Å²) in [4.78, 5) is 24.5. The molecule has 31 heavy (non-hydrogen) atoms. The maximum absolute atomic E-state index is 13.2. The third-order valence-electron chi connectivity index (χ3n) is 4.63. The molecule has 0 aromatic rings. The highest BCUT2D eigenvalue weighted by Crippen LogP contribution is 2.40. The van der Waals surface area contributed by atoms with Crippen LogP contribution >= 0.6 is 7.67 Å². The fourth-order valence-corrected chi connectivity index (χ4v) is 5.00. The van der Waals surface area contributed by atoms with Crippen LogP contribution in [0.3, 0.4) is 0 Å². The van der Waals surface area contributed by atoms with Crippen molar-refractivity contribution in [1.82, 2.24) is 15.1 Å². The number of aliphatic hydroxyl groups is 2. The number of allylic oxidation sites excluding steroid dienone is 1. The van der Waals surface area contributed by atoms with Crippen molar-refractivity contribution in [2.24, 2.45) is 5.73 Å². The summed E-state index contributed by atoms with van der Waals surface area (Å²) in [5, 5.41) is 26.1. The number of carbonyl (C=O) groups excluding carboxylic acids is 2. The van der Waals surface area contributed by atoms with E-state index in [1.165, 1.54) is 25.1 Å². The Kier molecular flexibility index (Phi) is 8.78. The summed E-state index contributed by atoms with van der Waals surface area (Å²) in [5.41, 5.74) is 5.62. The average molecular weight is 462 g/mol. The van der Waals surface area contributed by atoms with Crippen molar-refractivity contribution in [3.63, 3.8) is 0 Å². The van der Waals surface area contributed by atoms with Gasteiger partial charge in [-0.1, -0.05) is 6.08 Å². The largest absolute Gasteiger partial charge is 0.468 e. The lowest BCUT2D eigenvalue weighted by atomic mass is 10.1. The van der Waals surface area contributed by atoms with Gasteiger partial charge in [0.15, 0.2) is 6.23 Å². The van der Waals surface area contributed by atoms with Crippen molar-refractivity contribution in [1.29, 1.82) is 0 Å². The summed E-state index contributed by atoms with van der Waals surface area (Å²) in [5.74, 6) is -1.23. The second-order valence-corrected chi connectivity index (χ2v) is 9.48. The van der Waals surface area contributed by atoms with Gasteiger partial charge in [0.25, 0.3) is 0 Å². The molecule has 0 bridgehead atoms. The van der Waals surface area contributed by atoms with Crippen LogP contribution in [0.25, 0.3) is 0 Å². The number of nitrogens with zero attached hydrogens (tertiary/aromatic N) is 1. The molecule has 1 amide bonds. The molecule has 176 valence electrons. The molecule has 0 saturated carbocycles. The van der Waals surface area contributed by atoms with E-state index in [0.29, 0.717) is 12.0 Å². The van der Waals surface area contributed by atoms with Crippen LogP contribution in [-0.4, -0.2) is 77.3 Å². The van der Waals surface area contributed by atoms with Crippen molar-refractivity contribution in [2.75, 3.05) is 13.7 Å². The number of rotatable bonds is 10. The van der Waals surface area contributed by atoms with Crippen LogP contribution in [0.15, 0.2) is 24.0 Å². The predicted molar refractivity (Wildman–Crippen MR) is 110 cm³/mol. The van der Waals surface area contributed by atoms with E-state index in [4.69, 9.17) is 15.0 Å². The molecule has 2 aliphatic rings. The molecule has 1 fully saturated rings. The molecule has 12 nitrogen and oxygen atoms in total. The lowest BCUT2D eigenvalue weighted by Crippen LogP contribution is -2.41. The number of aliphatic hydroxyl groups excluding tert-OH is 2. The number of nitrogens with one attached hydrogen (secondary N) is 2. The molecule has 2 rings (SSSR count). The zero-order valence-electron chi connectivity index (χ0n) is 17.9. The molecule has 1 saturated heterocycles. The fourth-order valence-electron chi connectivity index (χ4n) is 3.13. The average Bonchev–Trinajstić information content (AvgIpc) is 2.99. The highest BCUT2D eigenvalue weighted by atomic mass is 31.2. The summed E-state index contributed by atoms with van der Waals surface area (Å²) in [7, 11) is -2.54. The van der Waals surface area contributed by atoms with Crippen LogP contribution in [0.2, 0.25) is 0 Å². The van der Waals surface area contributed by atoms with Gasteiger partial charge in [-0.15, -0.1) is 0 Å². The monoisotopic (exact) mass is 462 g/mol. The highest BCUT2D eigenvalue weighted by Gasteiger charge is 2.46. The quantitative estimate of drug-likeness (QED) is 0.205. The molecule has 6 atom stereocenters. The van der Waals surface area contributed by atoms with Gasteiger partial charge in [-0.25, -0.2) is 10.2 Å². The number of esters is 1. The van der Waals surface area contributed by atoms with Gasteiger partial charge in [-0.05, 0) is 27.2 Å². The van der Waals surface area contributed by atoms with Crippen LogP contribution in [0.4, 0.5) is 0 Å². The molecular weight excluding hydrogens is 431 g/mol. The maximum Gasteiger partial charge on any atom is 0.341 e. The zero-order chi connectivity index (χ0) is 23.3. The lowest BCUT2D eigenvalue weighted by Gasteiger charge is -2.29. The molecule has 1 unspecified atom stereocenters. The first-order chi connectivity index (χ1) is 14.5. The highest BCUT2D eigenvalue weighted by molar-refractivity contribution is 7.54. The standard InChI is InChI=1S/C18H31N4O8P/c1-10(2)20-31(27,21-11(3)18(26)28-4)29-9-13-14(23)15(24)17(30-13)22-7-5-6-12(8-22)16(19)25/h5,7-8,10-11,13-15,17,23-24H,6,9H2,1-4H3,(H2,19,25)(H2,20,21,27)/t11-,13+,14+,15+,17+,31?/m0/s1. The first-order valence-electron chi connectivity index (χ1n) is 9.81. The third kappa shape index (κ3) is 6.59. The minimum Gasteiger partial charge on any atom is -0.468 e. The van der Waals surface area contributed by atoms with E-state index < -0.39 is 50.1 Å². The van der Waals surface area contributed by atoms with Crippen LogP contribution in [0.1, 0.15) is 27.2 Å². The zero-order valence-corrected chi connectivity index (χ0v) is 18.8. The predicted octanol–water partition coefficient (Wildman–Crippen LogP) is -0.704. The van der Waals surface area contributed by atoms with Gasteiger partial charge >= 0.3 is 13.6 Å². The van der Waals surface area contributed by atoms with E-state index >= 15 is 0 Å². The first kappa shape index (κ1) is 25.5. The SMILES string of the molecule is COC(=O)[C@H](C)NP(=O)(NC(C)C)OC[C@H]1O[C@@H](N2C=CCC(C(N)=O)=C2)[C@H](O)[C@@H]1O. The van der Waals surface area contributed by atoms with Crippen molar-refractivity contribution < 1.29 is 38.4 Å². The Labute approximate surface area is 180 Å². The van der Waals surface area contributed by atoms with Crippen molar-refractivity contribution in [2.45, 2.75) is 63.8 Å². The van der Waals surface area contributed by atoms with Gasteiger partial charge in [0, 0.05) is 24.0 Å². The Balaban J connectivity index is 2.07. The Bertz CT molecular complexity index is 774. The summed E-state index contributed by atoms with van der Waals surface area (Å²) in [6, 6.07) is -1.18. The van der Waals surface area contributed by atoms with E-state index in [-0.39, 0.29) is 12.6 Å². The summed E-state index contributed by atoms with van der Waals surface area (Å²) >= 11 is 0. The van der Waals surface area contributed by atoms with E-state index in [1.54, 1.807) is 26.1 Å². The summed E-state index contributed by atoms with van der Waals surface area (Å²) in [6.45, 7) is 4.60. The molecule has 2 aliphatic heterocycles. The Morgan fingerprint density at radius 3 is 2.58 bits per heavy atom. The molecule has 0 aromatic heterocycles. The smallest absolute Gasteiger partial charge is 0.341 e. The molecule has 6 N–H and O–H groups in total. The number of methoxy groups -OCH3 is 1. The molecule has 0 spiro atoms. The van der Waals surface area contributed by atoms with Crippen LogP contribution in [0, 0.1) is 0 Å². The van der Waals surface area contributed by atoms with Gasteiger partial charge in [0.1, 0.15) is 24.4 Å². The second kappa shape index (κ2) is 10.7. The van der Waals surface area contributed by atoms with Crippen LogP contribution in [-0.2, 0) is 28.2 Å². The van der Waals surface area contributed by atoms with Crippen LogP contribution in [0.5, 0.6) is 0 Å². The van der Waals surface area contributed by atoms with Crippen LogP contribution < -0.4 is 15.9 Å². The van der Waals surface area contributed by atoms with Gasteiger partial charge in [0.2, 0.25) is 5.91 Å². The number of ether oxygens (including phenoxy) is 2. The Morgan fingerprint density at radius 2 is 2.00 bits per heavy atom. The number of nitrogens with two attached hydrogens (primary N) is 1. The molecule has 2 heterocycles. The minimum absolute atomic E-state index is 0.258. The molecule has 0 aliphatic carbocycles. The summed E-state index contributed by atoms with van der Waals surface area (Å²) < 4.78 is 29.0. The number of primary amides is 1. The van der Waals surface area contributed by atoms with E-state index in [2.05, 4.69) is 14.9 Å². The molecule has 0 aromatic carbocycles. The lowest BCUT2D eigenvalue weighted by molar-refractivity contribution is -0.142. The number of amides is 1. The van der Waals surface area contributed by atoms with Crippen molar-refractivity contribution in [3.05, 3.63) is 24.0 Å². The number of hydrogen-bond donors (Lipinski definition) is 5. The van der Waals surface area contributed by atoms with E-state index in [9.17, 15) is 24.4 Å². The molecule has 0 radical (unpaired) electrons. The van der Waals surface area contributed by atoms with Crippen molar-refractivity contribution >= 4 is 19.5 Å².